The van der Waals surface area contributed by atoms with Crippen LogP contribution >= 0.6 is 11.3 Å². The van der Waals surface area contributed by atoms with E-state index in [0.29, 0.717) is 6.42 Å². The van der Waals surface area contributed by atoms with Crippen LogP contribution in [-0.2, 0) is 11.2 Å². The summed E-state index contributed by atoms with van der Waals surface area (Å²) in [5.74, 6) is 0.770. The van der Waals surface area contributed by atoms with Gasteiger partial charge in [-0.15, -0.1) is 0 Å². The number of aliphatic hydroxyl groups is 1. The summed E-state index contributed by atoms with van der Waals surface area (Å²) in [7, 11) is 1.74. The number of ether oxygens (including phenoxy) is 1. The van der Waals surface area contributed by atoms with Crippen LogP contribution in [0, 0.1) is 5.92 Å². The molecule has 96 valence electrons. The van der Waals surface area contributed by atoms with Crippen LogP contribution < -0.4 is 0 Å². The second kappa shape index (κ2) is 5.51. The van der Waals surface area contributed by atoms with Gasteiger partial charge < -0.3 is 9.84 Å². The summed E-state index contributed by atoms with van der Waals surface area (Å²) in [5, 5.41) is 14.6. The first-order chi connectivity index (χ1) is 8.16. The predicted molar refractivity (Wildman–Crippen MR) is 71.4 cm³/mol. The Kier molecular flexibility index (Phi) is 4.23. The van der Waals surface area contributed by atoms with Crippen LogP contribution in [0.2, 0.25) is 0 Å². The molecule has 0 radical (unpaired) electrons. The van der Waals surface area contributed by atoms with Crippen molar-refractivity contribution < 1.29 is 9.84 Å². The van der Waals surface area contributed by atoms with Crippen molar-refractivity contribution in [3.05, 3.63) is 22.4 Å². The van der Waals surface area contributed by atoms with Crippen LogP contribution in [0.4, 0.5) is 0 Å². The van der Waals surface area contributed by atoms with E-state index in [1.165, 1.54) is 5.56 Å². The first-order valence-corrected chi connectivity index (χ1v) is 7.35. The molecule has 1 aromatic rings. The van der Waals surface area contributed by atoms with E-state index in [1.54, 1.807) is 18.4 Å². The zero-order valence-corrected chi connectivity index (χ0v) is 11.5. The van der Waals surface area contributed by atoms with Gasteiger partial charge in [0.05, 0.1) is 11.7 Å². The highest BCUT2D eigenvalue weighted by Gasteiger charge is 2.40. The first-order valence-electron chi connectivity index (χ1n) is 6.40. The van der Waals surface area contributed by atoms with Gasteiger partial charge in [-0.2, -0.15) is 11.3 Å². The molecule has 2 nitrogen and oxygen atoms in total. The fourth-order valence-corrected chi connectivity index (χ4v) is 3.42. The summed E-state index contributed by atoms with van der Waals surface area (Å²) >= 11 is 1.68. The molecule has 0 amide bonds. The number of hydrogen-bond donors (Lipinski definition) is 1. The molecule has 1 aliphatic carbocycles. The molecule has 1 aromatic heterocycles. The number of rotatable bonds is 4. The second-order valence-corrected chi connectivity index (χ2v) is 6.08. The lowest BCUT2D eigenvalue weighted by atomic mass is 9.75. The van der Waals surface area contributed by atoms with Gasteiger partial charge in [0.25, 0.3) is 0 Å². The minimum absolute atomic E-state index is 0.311. The Morgan fingerprint density at radius 3 is 2.76 bits per heavy atom. The summed E-state index contributed by atoms with van der Waals surface area (Å²) in [6.45, 7) is 2.28. The molecule has 1 atom stereocenters. The molecule has 2 rings (SSSR count). The summed E-state index contributed by atoms with van der Waals surface area (Å²) < 4.78 is 5.69. The average Bonchev–Trinajstić information content (AvgIpc) is 2.83. The molecule has 0 spiro atoms. The number of aliphatic hydroxyl groups excluding tert-OH is 1. The van der Waals surface area contributed by atoms with Crippen LogP contribution in [-0.4, -0.2) is 23.9 Å². The first kappa shape index (κ1) is 13.1. The zero-order chi connectivity index (χ0) is 12.3. The number of methoxy groups -OCH3 is 1. The molecule has 1 fully saturated rings. The maximum atomic E-state index is 10.5. The molecular weight excluding hydrogens is 232 g/mol. The topological polar surface area (TPSA) is 29.5 Å². The Labute approximate surface area is 108 Å². The highest BCUT2D eigenvalue weighted by molar-refractivity contribution is 7.07. The van der Waals surface area contributed by atoms with Crippen LogP contribution in [0.1, 0.15) is 38.2 Å². The van der Waals surface area contributed by atoms with Crippen molar-refractivity contribution in [1.82, 2.24) is 0 Å². The lowest BCUT2D eigenvalue weighted by molar-refractivity contribution is -0.127. The van der Waals surface area contributed by atoms with E-state index in [-0.39, 0.29) is 11.7 Å². The minimum Gasteiger partial charge on any atom is -0.390 e. The predicted octanol–water partition coefficient (Wildman–Crippen LogP) is 3.25. The molecule has 1 saturated carbocycles. The van der Waals surface area contributed by atoms with Gasteiger partial charge in [0.2, 0.25) is 0 Å². The Morgan fingerprint density at radius 1 is 1.53 bits per heavy atom. The highest BCUT2D eigenvalue weighted by Crippen LogP contribution is 2.37. The maximum absolute atomic E-state index is 10.5. The molecule has 3 heteroatoms. The van der Waals surface area contributed by atoms with Crippen molar-refractivity contribution in [2.45, 2.75) is 50.7 Å². The van der Waals surface area contributed by atoms with Crippen LogP contribution in [0.3, 0.4) is 0 Å². The van der Waals surface area contributed by atoms with Gasteiger partial charge in [-0.1, -0.05) is 6.92 Å². The summed E-state index contributed by atoms with van der Waals surface area (Å²) in [4.78, 5) is 0. The summed E-state index contributed by atoms with van der Waals surface area (Å²) in [6, 6.07) is 2.09. The maximum Gasteiger partial charge on any atom is 0.0939 e. The fraction of sp³-hybridized carbons (Fsp3) is 0.714. The van der Waals surface area contributed by atoms with Crippen molar-refractivity contribution in [2.24, 2.45) is 5.92 Å². The lowest BCUT2D eigenvalue weighted by Crippen LogP contribution is -2.47. The lowest BCUT2D eigenvalue weighted by Gasteiger charge is -2.41. The normalized spacial score (nSPS) is 31.4. The van der Waals surface area contributed by atoms with Crippen molar-refractivity contribution >= 4 is 11.3 Å². The van der Waals surface area contributed by atoms with Gasteiger partial charge in [0, 0.05) is 13.5 Å². The SMILES string of the molecule is COC1(C(O)Cc2ccsc2)CCC(C)CC1. The van der Waals surface area contributed by atoms with E-state index in [4.69, 9.17) is 4.74 Å². The fourth-order valence-electron chi connectivity index (χ4n) is 2.74. The summed E-state index contributed by atoms with van der Waals surface area (Å²) in [5.41, 5.74) is 0.909. The molecule has 0 bridgehead atoms. The molecule has 0 aromatic carbocycles. The van der Waals surface area contributed by atoms with E-state index in [9.17, 15) is 5.11 Å². The van der Waals surface area contributed by atoms with E-state index in [1.807, 2.05) is 0 Å². The monoisotopic (exact) mass is 254 g/mol. The average molecular weight is 254 g/mol. The number of hydrogen-bond acceptors (Lipinski definition) is 3. The largest absolute Gasteiger partial charge is 0.390 e. The van der Waals surface area contributed by atoms with Crippen molar-refractivity contribution in [1.29, 1.82) is 0 Å². The second-order valence-electron chi connectivity index (χ2n) is 5.30. The van der Waals surface area contributed by atoms with Crippen molar-refractivity contribution in [3.8, 4) is 0 Å². The Bertz CT molecular complexity index is 326. The summed E-state index contributed by atoms with van der Waals surface area (Å²) in [6.07, 6.45) is 4.62. The Hall–Kier alpha value is -0.380. The third-order valence-electron chi connectivity index (χ3n) is 4.14. The highest BCUT2D eigenvalue weighted by atomic mass is 32.1. The van der Waals surface area contributed by atoms with E-state index in [0.717, 1.165) is 31.6 Å². The molecule has 1 unspecified atom stereocenters. The standard InChI is InChI=1S/C14H22O2S/c1-11-3-6-14(16-2,7-4-11)13(15)9-12-5-8-17-10-12/h5,8,10-11,13,15H,3-4,6-7,9H2,1-2H3. The molecule has 0 saturated heterocycles. The smallest absolute Gasteiger partial charge is 0.0939 e. The third kappa shape index (κ3) is 2.90. The Balaban J connectivity index is 2.02. The van der Waals surface area contributed by atoms with Gasteiger partial charge >= 0.3 is 0 Å². The Morgan fingerprint density at radius 2 is 2.24 bits per heavy atom. The molecule has 0 aliphatic heterocycles. The van der Waals surface area contributed by atoms with Gasteiger partial charge in [0.15, 0.2) is 0 Å². The third-order valence-corrected chi connectivity index (χ3v) is 4.88. The molecule has 1 N–H and O–H groups in total. The van der Waals surface area contributed by atoms with E-state index >= 15 is 0 Å². The van der Waals surface area contributed by atoms with Gasteiger partial charge in [0.1, 0.15) is 0 Å². The minimum atomic E-state index is -0.380. The quantitative estimate of drug-likeness (QED) is 0.893. The molecule has 1 aliphatic rings. The molecule has 1 heterocycles. The van der Waals surface area contributed by atoms with Crippen LogP contribution in [0.15, 0.2) is 16.8 Å². The zero-order valence-electron chi connectivity index (χ0n) is 10.7. The molecular formula is C14H22O2S. The van der Waals surface area contributed by atoms with Crippen LogP contribution in [0.25, 0.3) is 0 Å². The van der Waals surface area contributed by atoms with Gasteiger partial charge in [-0.25, -0.2) is 0 Å². The van der Waals surface area contributed by atoms with E-state index < -0.39 is 0 Å². The van der Waals surface area contributed by atoms with Gasteiger partial charge in [-0.05, 0) is 54.0 Å². The van der Waals surface area contributed by atoms with E-state index in [2.05, 4.69) is 23.8 Å². The van der Waals surface area contributed by atoms with Crippen molar-refractivity contribution in [3.63, 3.8) is 0 Å². The van der Waals surface area contributed by atoms with Crippen molar-refractivity contribution in [2.75, 3.05) is 7.11 Å². The molecule has 17 heavy (non-hydrogen) atoms. The van der Waals surface area contributed by atoms with Gasteiger partial charge in [-0.3, -0.25) is 0 Å². The number of thiophene rings is 1. The van der Waals surface area contributed by atoms with Crippen LogP contribution in [0.5, 0.6) is 0 Å².